The van der Waals surface area contributed by atoms with Crippen molar-refractivity contribution in [2.45, 2.75) is 6.92 Å². The van der Waals surface area contributed by atoms with E-state index in [1.807, 2.05) is 0 Å². The Morgan fingerprint density at radius 1 is 1.33 bits per heavy atom. The van der Waals surface area contributed by atoms with E-state index in [4.69, 9.17) is 0 Å². The molecular weight excluding hydrogens is 235 g/mol. The van der Waals surface area contributed by atoms with Crippen LogP contribution in [0, 0.1) is 12.7 Å². The van der Waals surface area contributed by atoms with Crippen molar-refractivity contribution in [3.05, 3.63) is 47.5 Å². The third kappa shape index (κ3) is 2.20. The van der Waals surface area contributed by atoms with Gasteiger partial charge in [-0.05, 0) is 24.6 Å². The number of esters is 1. The van der Waals surface area contributed by atoms with Gasteiger partial charge in [0.25, 0.3) is 0 Å². The van der Waals surface area contributed by atoms with Gasteiger partial charge in [-0.3, -0.25) is 0 Å². The number of ether oxygens (including phenoxy) is 1. The highest BCUT2D eigenvalue weighted by Gasteiger charge is 2.13. The zero-order valence-electron chi connectivity index (χ0n) is 9.98. The summed E-state index contributed by atoms with van der Waals surface area (Å²) in [6.07, 6.45) is 1.40. The fraction of sp³-hybridized carbons (Fsp3) is 0.154. The van der Waals surface area contributed by atoms with Gasteiger partial charge < -0.3 is 4.74 Å². The molecule has 1 aromatic heterocycles. The molecule has 1 heterocycles. The lowest BCUT2D eigenvalue weighted by Crippen LogP contribution is -2.06. The molecule has 0 spiro atoms. The summed E-state index contributed by atoms with van der Waals surface area (Å²) >= 11 is 0. The summed E-state index contributed by atoms with van der Waals surface area (Å²) in [6.45, 7) is 1.66. The van der Waals surface area contributed by atoms with Crippen molar-refractivity contribution in [1.29, 1.82) is 0 Å². The second-order valence-corrected chi connectivity index (χ2v) is 3.69. The molecule has 0 radical (unpaired) electrons. The third-order valence-electron chi connectivity index (χ3n) is 2.48. The van der Waals surface area contributed by atoms with Gasteiger partial charge in [0, 0.05) is 6.20 Å². The van der Waals surface area contributed by atoms with Gasteiger partial charge in [-0.25, -0.2) is 19.2 Å². The van der Waals surface area contributed by atoms with Crippen molar-refractivity contribution >= 4 is 5.97 Å². The molecule has 92 valence electrons. The minimum absolute atomic E-state index is 0.100. The number of aryl methyl sites for hydroxylation is 1. The number of hydrogen-bond acceptors (Lipinski definition) is 4. The fourth-order valence-corrected chi connectivity index (χ4v) is 1.53. The predicted molar refractivity (Wildman–Crippen MR) is 63.5 cm³/mol. The molecule has 0 aliphatic heterocycles. The molecule has 0 atom stereocenters. The average molecular weight is 246 g/mol. The van der Waals surface area contributed by atoms with Gasteiger partial charge >= 0.3 is 5.97 Å². The Kier molecular flexibility index (Phi) is 3.32. The molecule has 0 saturated carbocycles. The maximum absolute atomic E-state index is 13.9. The number of carbonyl (C=O) groups excluding carboxylic acids is 1. The van der Waals surface area contributed by atoms with Crippen LogP contribution >= 0.6 is 0 Å². The second-order valence-electron chi connectivity index (χ2n) is 3.69. The van der Waals surface area contributed by atoms with Crippen LogP contribution in [0.25, 0.3) is 11.4 Å². The molecule has 0 unspecified atom stereocenters. The lowest BCUT2D eigenvalue weighted by Gasteiger charge is -2.05. The van der Waals surface area contributed by atoms with E-state index >= 15 is 0 Å². The zero-order valence-corrected chi connectivity index (χ0v) is 9.98. The first-order chi connectivity index (χ1) is 8.63. The van der Waals surface area contributed by atoms with Crippen LogP contribution in [0.2, 0.25) is 0 Å². The van der Waals surface area contributed by atoms with Gasteiger partial charge in [0.1, 0.15) is 5.82 Å². The Balaban J connectivity index is 2.51. The number of benzene rings is 1. The number of rotatable bonds is 2. The maximum Gasteiger partial charge on any atom is 0.356 e. The van der Waals surface area contributed by atoms with E-state index < -0.39 is 5.97 Å². The van der Waals surface area contributed by atoms with Crippen LogP contribution in [0.5, 0.6) is 0 Å². The van der Waals surface area contributed by atoms with Crippen LogP contribution in [0.15, 0.2) is 30.5 Å². The molecular formula is C13H11FN2O2. The van der Waals surface area contributed by atoms with Crippen LogP contribution in [0.1, 0.15) is 16.1 Å². The molecule has 0 fully saturated rings. The average Bonchev–Trinajstić information content (AvgIpc) is 2.41. The number of hydrogen-bond donors (Lipinski definition) is 0. The fourth-order valence-electron chi connectivity index (χ4n) is 1.53. The third-order valence-corrected chi connectivity index (χ3v) is 2.48. The van der Waals surface area contributed by atoms with Crippen molar-refractivity contribution in [1.82, 2.24) is 9.97 Å². The van der Waals surface area contributed by atoms with E-state index in [2.05, 4.69) is 14.7 Å². The van der Waals surface area contributed by atoms with E-state index in [0.29, 0.717) is 5.56 Å². The van der Waals surface area contributed by atoms with Crippen molar-refractivity contribution in [2.75, 3.05) is 7.11 Å². The van der Waals surface area contributed by atoms with Crippen LogP contribution in [0.4, 0.5) is 4.39 Å². The van der Waals surface area contributed by atoms with Crippen molar-refractivity contribution in [2.24, 2.45) is 0 Å². The smallest absolute Gasteiger partial charge is 0.356 e. The standard InChI is InChI=1S/C13H11FN2O2/c1-8-4-3-5-9(11(8)14)12-15-7-6-10(16-12)13(17)18-2/h3-7H,1-2H3. The molecule has 0 amide bonds. The Bertz CT molecular complexity index is 599. The van der Waals surface area contributed by atoms with Gasteiger partial charge in [0.2, 0.25) is 0 Å². The topological polar surface area (TPSA) is 52.1 Å². The largest absolute Gasteiger partial charge is 0.464 e. The SMILES string of the molecule is COC(=O)c1ccnc(-c2cccc(C)c2F)n1. The molecule has 0 aliphatic rings. The van der Waals surface area contributed by atoms with Gasteiger partial charge in [-0.2, -0.15) is 0 Å². The zero-order chi connectivity index (χ0) is 13.1. The van der Waals surface area contributed by atoms with Gasteiger partial charge in [0.15, 0.2) is 11.5 Å². The molecule has 0 bridgehead atoms. The summed E-state index contributed by atoms with van der Waals surface area (Å²) in [7, 11) is 1.26. The first-order valence-electron chi connectivity index (χ1n) is 5.30. The van der Waals surface area contributed by atoms with E-state index in [1.165, 1.54) is 19.4 Å². The summed E-state index contributed by atoms with van der Waals surface area (Å²) in [4.78, 5) is 19.3. The summed E-state index contributed by atoms with van der Waals surface area (Å²) in [5.74, 6) is -0.801. The summed E-state index contributed by atoms with van der Waals surface area (Å²) in [5.41, 5.74) is 0.865. The molecule has 5 heteroatoms. The minimum atomic E-state index is -0.577. The number of methoxy groups -OCH3 is 1. The predicted octanol–water partition coefficient (Wildman–Crippen LogP) is 2.38. The van der Waals surface area contributed by atoms with Crippen LogP contribution < -0.4 is 0 Å². The van der Waals surface area contributed by atoms with E-state index in [-0.39, 0.29) is 22.9 Å². The first kappa shape index (κ1) is 12.2. The van der Waals surface area contributed by atoms with Crippen molar-refractivity contribution < 1.29 is 13.9 Å². The second kappa shape index (κ2) is 4.91. The summed E-state index contributed by atoms with van der Waals surface area (Å²) in [6, 6.07) is 6.35. The van der Waals surface area contributed by atoms with Crippen LogP contribution in [-0.2, 0) is 4.74 Å². The van der Waals surface area contributed by atoms with Gasteiger partial charge in [0.05, 0.1) is 12.7 Å². The molecule has 2 aromatic rings. The maximum atomic E-state index is 13.9. The lowest BCUT2D eigenvalue weighted by atomic mass is 10.1. The number of aromatic nitrogens is 2. The Labute approximate surface area is 103 Å². The summed E-state index contributed by atoms with van der Waals surface area (Å²) in [5, 5.41) is 0. The summed E-state index contributed by atoms with van der Waals surface area (Å²) < 4.78 is 18.5. The van der Waals surface area contributed by atoms with E-state index in [0.717, 1.165) is 0 Å². The Morgan fingerprint density at radius 3 is 2.83 bits per heavy atom. The quantitative estimate of drug-likeness (QED) is 0.763. The number of halogens is 1. The van der Waals surface area contributed by atoms with Crippen molar-refractivity contribution in [3.63, 3.8) is 0 Å². The van der Waals surface area contributed by atoms with Gasteiger partial charge in [-0.1, -0.05) is 12.1 Å². The van der Waals surface area contributed by atoms with Gasteiger partial charge in [-0.15, -0.1) is 0 Å². The molecule has 0 aliphatic carbocycles. The Hall–Kier alpha value is -2.30. The highest BCUT2D eigenvalue weighted by Crippen LogP contribution is 2.21. The van der Waals surface area contributed by atoms with Crippen LogP contribution in [-0.4, -0.2) is 23.0 Å². The monoisotopic (exact) mass is 246 g/mol. The Morgan fingerprint density at radius 2 is 2.11 bits per heavy atom. The highest BCUT2D eigenvalue weighted by molar-refractivity contribution is 5.87. The van der Waals surface area contributed by atoms with Crippen LogP contribution in [0.3, 0.4) is 0 Å². The lowest BCUT2D eigenvalue weighted by molar-refractivity contribution is 0.0594. The molecule has 0 N–H and O–H groups in total. The molecule has 4 nitrogen and oxygen atoms in total. The van der Waals surface area contributed by atoms with Crippen molar-refractivity contribution in [3.8, 4) is 11.4 Å². The number of carbonyl (C=O) groups is 1. The molecule has 1 aromatic carbocycles. The molecule has 0 saturated heterocycles. The van der Waals surface area contributed by atoms with E-state index in [9.17, 15) is 9.18 Å². The highest BCUT2D eigenvalue weighted by atomic mass is 19.1. The minimum Gasteiger partial charge on any atom is -0.464 e. The molecule has 18 heavy (non-hydrogen) atoms. The number of nitrogens with zero attached hydrogens (tertiary/aromatic N) is 2. The molecule has 2 rings (SSSR count). The van der Waals surface area contributed by atoms with E-state index in [1.54, 1.807) is 25.1 Å². The first-order valence-corrected chi connectivity index (χ1v) is 5.30. The normalized spacial score (nSPS) is 10.2.